The number of aromatic nitrogens is 1. The van der Waals surface area contributed by atoms with Crippen LogP contribution in [0.25, 0.3) is 10.9 Å². The lowest BCUT2D eigenvalue weighted by molar-refractivity contribution is -0.413. The predicted octanol–water partition coefficient (Wildman–Crippen LogP) is 1.35. The van der Waals surface area contributed by atoms with Crippen LogP contribution in [0.5, 0.6) is 5.75 Å². The van der Waals surface area contributed by atoms with E-state index in [-0.39, 0.29) is 0 Å². The summed E-state index contributed by atoms with van der Waals surface area (Å²) < 4.78 is 5.18. The van der Waals surface area contributed by atoms with Crippen molar-refractivity contribution in [3.63, 3.8) is 0 Å². The van der Waals surface area contributed by atoms with E-state index in [1.54, 1.807) is 7.11 Å². The minimum Gasteiger partial charge on any atom is -0.497 e. The molecule has 1 atom stereocenters. The number of hydrogen-bond acceptors (Lipinski definition) is 1. The van der Waals surface area contributed by atoms with Gasteiger partial charge < -0.3 is 15.5 Å². The van der Waals surface area contributed by atoms with Gasteiger partial charge in [0, 0.05) is 29.6 Å². The fourth-order valence-electron chi connectivity index (χ4n) is 1.84. The average Bonchev–Trinajstić information content (AvgIpc) is 2.60. The molecule has 0 aliphatic rings. The number of benzene rings is 1. The summed E-state index contributed by atoms with van der Waals surface area (Å²) >= 11 is 0. The molecule has 1 aromatic heterocycles. The lowest BCUT2D eigenvalue weighted by atomic mass is 10.1. The summed E-state index contributed by atoms with van der Waals surface area (Å²) in [6.45, 7) is 2.13. The van der Waals surface area contributed by atoms with Crippen LogP contribution in [-0.4, -0.2) is 18.1 Å². The number of nitrogens with one attached hydrogen (secondary N) is 1. The van der Waals surface area contributed by atoms with Gasteiger partial charge in [0.25, 0.3) is 0 Å². The molecular formula is C12H17N2O+. The van der Waals surface area contributed by atoms with Gasteiger partial charge in [-0.05, 0) is 24.6 Å². The van der Waals surface area contributed by atoms with Crippen molar-refractivity contribution in [2.24, 2.45) is 0 Å². The summed E-state index contributed by atoms with van der Waals surface area (Å²) in [6, 6.07) is 6.55. The molecule has 2 rings (SSSR count). The molecule has 0 amide bonds. The Balaban J connectivity index is 2.43. The van der Waals surface area contributed by atoms with Crippen molar-refractivity contribution in [1.29, 1.82) is 0 Å². The van der Waals surface area contributed by atoms with Gasteiger partial charge in [-0.1, -0.05) is 0 Å². The molecule has 2 aromatic rings. The number of methoxy groups -OCH3 is 1. The average molecular weight is 205 g/mol. The molecule has 0 unspecified atom stereocenters. The Hall–Kier alpha value is -1.48. The zero-order chi connectivity index (χ0) is 10.8. The van der Waals surface area contributed by atoms with Crippen molar-refractivity contribution in [3.8, 4) is 5.75 Å². The summed E-state index contributed by atoms with van der Waals surface area (Å²) in [4.78, 5) is 3.26. The van der Waals surface area contributed by atoms with Gasteiger partial charge in [0.15, 0.2) is 0 Å². The van der Waals surface area contributed by atoms with E-state index in [1.807, 2.05) is 12.1 Å². The Kier molecular flexibility index (Phi) is 2.64. The van der Waals surface area contributed by atoms with Crippen molar-refractivity contribution >= 4 is 10.9 Å². The van der Waals surface area contributed by atoms with Gasteiger partial charge in [0.1, 0.15) is 5.75 Å². The topological polar surface area (TPSA) is 52.7 Å². The Labute approximate surface area is 89.2 Å². The van der Waals surface area contributed by atoms with Crippen LogP contribution in [0.2, 0.25) is 0 Å². The molecule has 80 valence electrons. The minimum absolute atomic E-state index is 0.436. The third kappa shape index (κ3) is 1.97. The van der Waals surface area contributed by atoms with E-state index < -0.39 is 0 Å². The van der Waals surface area contributed by atoms with Crippen LogP contribution in [0.15, 0.2) is 24.4 Å². The van der Waals surface area contributed by atoms with Crippen LogP contribution >= 0.6 is 0 Å². The van der Waals surface area contributed by atoms with E-state index in [4.69, 9.17) is 4.74 Å². The monoisotopic (exact) mass is 205 g/mol. The second-order valence-electron chi connectivity index (χ2n) is 4.03. The van der Waals surface area contributed by atoms with Crippen LogP contribution in [0, 0.1) is 0 Å². The highest BCUT2D eigenvalue weighted by atomic mass is 16.5. The molecule has 0 aliphatic carbocycles. The summed E-state index contributed by atoms with van der Waals surface area (Å²) in [5.41, 5.74) is 6.47. The van der Waals surface area contributed by atoms with Crippen LogP contribution in [-0.2, 0) is 6.42 Å². The fraction of sp³-hybridized carbons (Fsp3) is 0.333. The molecule has 0 bridgehead atoms. The molecule has 4 N–H and O–H groups in total. The SMILES string of the molecule is COc1ccc2c(C[C@H](C)[NH3+])c[nH]c2c1. The van der Waals surface area contributed by atoms with E-state index in [0.717, 1.165) is 17.7 Å². The second kappa shape index (κ2) is 3.95. The Morgan fingerprint density at radius 2 is 2.27 bits per heavy atom. The Morgan fingerprint density at radius 3 is 2.93 bits per heavy atom. The molecule has 1 heterocycles. The molecule has 0 radical (unpaired) electrons. The molecule has 15 heavy (non-hydrogen) atoms. The van der Waals surface area contributed by atoms with E-state index in [9.17, 15) is 0 Å². The van der Waals surface area contributed by atoms with Gasteiger partial charge in [0.2, 0.25) is 0 Å². The lowest BCUT2D eigenvalue weighted by Gasteiger charge is -2.02. The van der Waals surface area contributed by atoms with Gasteiger partial charge >= 0.3 is 0 Å². The molecule has 1 aromatic carbocycles. The van der Waals surface area contributed by atoms with E-state index in [1.165, 1.54) is 10.9 Å². The molecule has 0 fully saturated rings. The number of fused-ring (bicyclic) bond motifs is 1. The van der Waals surface area contributed by atoms with Gasteiger partial charge in [-0.2, -0.15) is 0 Å². The maximum atomic E-state index is 5.18. The number of hydrogen-bond donors (Lipinski definition) is 2. The quantitative estimate of drug-likeness (QED) is 0.780. The van der Waals surface area contributed by atoms with Gasteiger partial charge in [-0.3, -0.25) is 0 Å². The standard InChI is InChI=1S/C12H16N2O/c1-8(13)5-9-7-14-12-6-10(15-2)3-4-11(9)12/h3-4,6-8,14H,5,13H2,1-2H3/p+1/t8-/m0/s1. The highest BCUT2D eigenvalue weighted by Crippen LogP contribution is 2.23. The number of rotatable bonds is 3. The number of ether oxygens (including phenoxy) is 1. The first-order valence-electron chi connectivity index (χ1n) is 5.18. The highest BCUT2D eigenvalue weighted by Gasteiger charge is 2.07. The molecule has 3 heteroatoms. The summed E-state index contributed by atoms with van der Waals surface area (Å²) in [5, 5.41) is 1.27. The second-order valence-corrected chi connectivity index (χ2v) is 4.03. The van der Waals surface area contributed by atoms with Crippen molar-refractivity contribution in [1.82, 2.24) is 4.98 Å². The van der Waals surface area contributed by atoms with Gasteiger partial charge in [-0.25, -0.2) is 0 Å². The third-order valence-corrected chi connectivity index (χ3v) is 2.54. The summed E-state index contributed by atoms with van der Waals surface area (Å²) in [7, 11) is 1.68. The van der Waals surface area contributed by atoms with E-state index >= 15 is 0 Å². The van der Waals surface area contributed by atoms with Crippen LogP contribution in [0.3, 0.4) is 0 Å². The van der Waals surface area contributed by atoms with Crippen LogP contribution in [0.4, 0.5) is 0 Å². The maximum Gasteiger partial charge on any atom is 0.120 e. The molecule has 0 saturated heterocycles. The van der Waals surface area contributed by atoms with Crippen LogP contribution < -0.4 is 10.5 Å². The highest BCUT2D eigenvalue weighted by molar-refractivity contribution is 5.84. The zero-order valence-electron chi connectivity index (χ0n) is 9.21. The Morgan fingerprint density at radius 1 is 1.47 bits per heavy atom. The number of quaternary nitrogens is 1. The zero-order valence-corrected chi connectivity index (χ0v) is 9.21. The smallest absolute Gasteiger partial charge is 0.120 e. The predicted molar refractivity (Wildman–Crippen MR) is 60.9 cm³/mol. The molecule has 0 saturated carbocycles. The van der Waals surface area contributed by atoms with Gasteiger partial charge in [0.05, 0.1) is 13.2 Å². The van der Waals surface area contributed by atoms with E-state index in [2.05, 4.69) is 29.9 Å². The summed E-state index contributed by atoms with van der Waals surface area (Å²) in [6.07, 6.45) is 3.07. The molecular weight excluding hydrogens is 188 g/mol. The van der Waals surface area contributed by atoms with Crippen molar-refractivity contribution in [2.75, 3.05) is 7.11 Å². The largest absolute Gasteiger partial charge is 0.497 e. The maximum absolute atomic E-state index is 5.18. The first-order valence-corrected chi connectivity index (χ1v) is 5.18. The number of H-pyrrole nitrogens is 1. The minimum atomic E-state index is 0.436. The number of aromatic amines is 1. The van der Waals surface area contributed by atoms with Crippen molar-refractivity contribution < 1.29 is 10.5 Å². The molecule has 3 nitrogen and oxygen atoms in total. The van der Waals surface area contributed by atoms with Crippen molar-refractivity contribution in [2.45, 2.75) is 19.4 Å². The molecule has 0 aliphatic heterocycles. The fourth-order valence-corrected chi connectivity index (χ4v) is 1.84. The first kappa shape index (κ1) is 10.1. The first-order chi connectivity index (χ1) is 7.20. The van der Waals surface area contributed by atoms with E-state index in [0.29, 0.717) is 6.04 Å². The Bertz CT molecular complexity index is 460. The third-order valence-electron chi connectivity index (χ3n) is 2.54. The van der Waals surface area contributed by atoms with Crippen molar-refractivity contribution in [3.05, 3.63) is 30.0 Å². The van der Waals surface area contributed by atoms with Crippen LogP contribution in [0.1, 0.15) is 12.5 Å². The van der Waals surface area contributed by atoms with Gasteiger partial charge in [-0.15, -0.1) is 0 Å². The molecule has 0 spiro atoms. The lowest BCUT2D eigenvalue weighted by Crippen LogP contribution is -2.60. The normalized spacial score (nSPS) is 13.0. The summed E-state index contributed by atoms with van der Waals surface area (Å²) in [5.74, 6) is 0.888.